The third kappa shape index (κ3) is 6.01. The molecule has 0 atom stereocenters. The molecule has 3 rings (SSSR count). The number of ether oxygens (including phenoxy) is 2. The fraction of sp³-hybridized carbons (Fsp3) is 0.385. The minimum atomic E-state index is -0.490. The van der Waals surface area contributed by atoms with E-state index in [9.17, 15) is 20.0 Å². The van der Waals surface area contributed by atoms with Gasteiger partial charge in [-0.25, -0.2) is 0 Å². The summed E-state index contributed by atoms with van der Waals surface area (Å²) in [5, 5.41) is 22.2. The maximum absolute atomic E-state index is 13.1. The van der Waals surface area contributed by atoms with Crippen molar-refractivity contribution in [2.75, 3.05) is 13.2 Å². The predicted molar refractivity (Wildman–Crippen MR) is 130 cm³/mol. The van der Waals surface area contributed by atoms with Gasteiger partial charge in [-0.2, -0.15) is 0 Å². The molecule has 0 radical (unpaired) electrons. The zero-order valence-electron chi connectivity index (χ0n) is 20.0. The molecule has 1 N–H and O–H groups in total. The fourth-order valence-corrected chi connectivity index (χ4v) is 4.03. The number of hydrogen-bond acceptors (Lipinski definition) is 7. The number of hydrogen-bond donors (Lipinski definition) is 1. The van der Waals surface area contributed by atoms with Crippen molar-refractivity contribution in [1.82, 2.24) is 0 Å². The van der Waals surface area contributed by atoms with Crippen LogP contribution in [0.15, 0.2) is 58.8 Å². The van der Waals surface area contributed by atoms with Gasteiger partial charge in [0.1, 0.15) is 5.76 Å². The molecule has 0 unspecified atom stereocenters. The number of nitro groups is 1. The lowest BCUT2D eigenvalue weighted by atomic mass is 9.73. The van der Waals surface area contributed by atoms with Crippen LogP contribution in [0.2, 0.25) is 0 Å². The summed E-state index contributed by atoms with van der Waals surface area (Å²) in [4.78, 5) is 28.3. The largest absolute Gasteiger partial charge is 0.511 e. The first-order valence-corrected chi connectivity index (χ1v) is 11.3. The molecular weight excluding hydrogens is 436 g/mol. The molecule has 0 heterocycles. The van der Waals surface area contributed by atoms with Crippen molar-refractivity contribution >= 4 is 22.9 Å². The highest BCUT2D eigenvalue weighted by atomic mass is 16.6. The number of ketones is 1. The number of nitrogens with zero attached hydrogens (tertiary/aromatic N) is 2. The van der Waals surface area contributed by atoms with E-state index < -0.39 is 4.92 Å². The minimum Gasteiger partial charge on any atom is -0.511 e. The van der Waals surface area contributed by atoms with Crippen LogP contribution in [0.4, 0.5) is 11.4 Å². The summed E-state index contributed by atoms with van der Waals surface area (Å²) < 4.78 is 11.3. The summed E-state index contributed by atoms with van der Waals surface area (Å²) in [6, 6.07) is 11.3. The Morgan fingerprint density at radius 1 is 1.09 bits per heavy atom. The van der Waals surface area contributed by atoms with E-state index in [1.54, 1.807) is 24.3 Å². The number of aliphatic hydroxyl groups excluding tert-OH is 1. The average molecular weight is 467 g/mol. The molecule has 1 aliphatic carbocycles. The van der Waals surface area contributed by atoms with Crippen LogP contribution < -0.4 is 9.47 Å². The number of rotatable bonds is 8. The Bertz CT molecular complexity index is 1150. The topological polar surface area (TPSA) is 111 Å². The maximum atomic E-state index is 13.1. The number of carbonyl (C=O) groups excluding carboxylic acids is 1. The summed E-state index contributed by atoms with van der Waals surface area (Å²) in [6.07, 6.45) is 0.837. The molecule has 8 nitrogen and oxygen atoms in total. The lowest BCUT2D eigenvalue weighted by Gasteiger charge is -2.31. The van der Waals surface area contributed by atoms with Gasteiger partial charge in [-0.3, -0.25) is 19.9 Å². The monoisotopic (exact) mass is 466 g/mol. The van der Waals surface area contributed by atoms with Crippen molar-refractivity contribution in [3.05, 3.63) is 69.5 Å². The molecule has 0 aliphatic heterocycles. The molecule has 0 bridgehead atoms. The van der Waals surface area contributed by atoms with Gasteiger partial charge >= 0.3 is 0 Å². The van der Waals surface area contributed by atoms with Crippen molar-refractivity contribution in [3.8, 4) is 11.5 Å². The number of carbonyl (C=O) groups is 1. The SMILES string of the molecule is CCOc1ccc(C/C(O)=C2/C(=O)CC(C)(C)CC2=Nc2cccc([N+](=O)[O-])c2)cc1OCC. The van der Waals surface area contributed by atoms with Gasteiger partial charge < -0.3 is 14.6 Å². The van der Waals surface area contributed by atoms with Gasteiger partial charge in [0.05, 0.1) is 35.1 Å². The third-order valence-corrected chi connectivity index (χ3v) is 5.43. The first-order chi connectivity index (χ1) is 16.1. The Balaban J connectivity index is 2.02. The first kappa shape index (κ1) is 25.0. The first-order valence-electron chi connectivity index (χ1n) is 11.3. The van der Waals surface area contributed by atoms with Gasteiger partial charge in [0, 0.05) is 25.0 Å². The van der Waals surface area contributed by atoms with Crippen molar-refractivity contribution < 1.29 is 24.3 Å². The number of non-ortho nitro benzene ring substituents is 1. The lowest BCUT2D eigenvalue weighted by molar-refractivity contribution is -0.384. The second-order valence-corrected chi connectivity index (χ2v) is 8.92. The summed E-state index contributed by atoms with van der Waals surface area (Å²) in [6.45, 7) is 8.64. The molecule has 1 saturated carbocycles. The number of benzene rings is 2. The van der Waals surface area contributed by atoms with Crippen LogP contribution in [0.25, 0.3) is 0 Å². The third-order valence-electron chi connectivity index (χ3n) is 5.43. The van der Waals surface area contributed by atoms with Crippen molar-refractivity contribution in [1.29, 1.82) is 0 Å². The highest BCUT2D eigenvalue weighted by molar-refractivity contribution is 6.25. The second kappa shape index (κ2) is 10.5. The predicted octanol–water partition coefficient (Wildman–Crippen LogP) is 5.91. The number of aliphatic hydroxyl groups is 1. The summed E-state index contributed by atoms with van der Waals surface area (Å²) in [7, 11) is 0. The molecule has 2 aromatic rings. The van der Waals surface area contributed by atoms with E-state index in [2.05, 4.69) is 4.99 Å². The van der Waals surface area contributed by atoms with Gasteiger partial charge in [-0.15, -0.1) is 0 Å². The van der Waals surface area contributed by atoms with Gasteiger partial charge in [-0.05, 0) is 49.4 Å². The smallest absolute Gasteiger partial charge is 0.271 e. The van der Waals surface area contributed by atoms with Gasteiger partial charge in [-0.1, -0.05) is 26.0 Å². The van der Waals surface area contributed by atoms with Gasteiger partial charge in [0.2, 0.25) is 0 Å². The summed E-state index contributed by atoms with van der Waals surface area (Å²) >= 11 is 0. The van der Waals surface area contributed by atoms with E-state index >= 15 is 0 Å². The number of Topliss-reactive ketones (excluding diaryl/α,β-unsaturated/α-hetero) is 1. The zero-order valence-corrected chi connectivity index (χ0v) is 20.0. The average Bonchev–Trinajstić information content (AvgIpc) is 2.75. The highest BCUT2D eigenvalue weighted by Gasteiger charge is 2.36. The highest BCUT2D eigenvalue weighted by Crippen LogP contribution is 2.37. The van der Waals surface area contributed by atoms with Gasteiger partial charge in [0.15, 0.2) is 17.3 Å². The van der Waals surface area contributed by atoms with Gasteiger partial charge in [0.25, 0.3) is 5.69 Å². The molecular formula is C26H30N2O6. The van der Waals surface area contributed by atoms with Crippen molar-refractivity contribution in [3.63, 3.8) is 0 Å². The molecule has 0 spiro atoms. The van der Waals surface area contributed by atoms with E-state index in [4.69, 9.17) is 9.47 Å². The van der Waals surface area contributed by atoms with E-state index in [0.29, 0.717) is 42.5 Å². The molecule has 0 amide bonds. The summed E-state index contributed by atoms with van der Waals surface area (Å²) in [5.41, 5.74) is 1.29. The minimum absolute atomic E-state index is 0.0868. The van der Waals surface area contributed by atoms with Crippen LogP contribution in [-0.2, 0) is 11.2 Å². The van der Waals surface area contributed by atoms with Crippen LogP contribution in [-0.4, -0.2) is 34.7 Å². The van der Waals surface area contributed by atoms with Crippen LogP contribution in [0, 0.1) is 15.5 Å². The number of allylic oxidation sites excluding steroid dienone is 2. The van der Waals surface area contributed by atoms with E-state index in [-0.39, 0.29) is 41.1 Å². The Morgan fingerprint density at radius 3 is 2.47 bits per heavy atom. The van der Waals surface area contributed by atoms with Crippen LogP contribution in [0.3, 0.4) is 0 Å². The maximum Gasteiger partial charge on any atom is 0.271 e. The quantitative estimate of drug-likeness (QED) is 0.224. The Morgan fingerprint density at radius 2 is 1.79 bits per heavy atom. The molecule has 2 aromatic carbocycles. The van der Waals surface area contributed by atoms with Crippen LogP contribution in [0.1, 0.15) is 46.1 Å². The normalized spacial score (nSPS) is 18.0. The van der Waals surface area contributed by atoms with Crippen molar-refractivity contribution in [2.45, 2.75) is 47.0 Å². The second-order valence-electron chi connectivity index (χ2n) is 8.92. The molecule has 1 aliphatic rings. The Kier molecular flexibility index (Phi) is 7.71. The van der Waals surface area contributed by atoms with Crippen LogP contribution in [0.5, 0.6) is 11.5 Å². The number of aliphatic imine (C=N–C) groups is 1. The molecule has 0 saturated heterocycles. The molecule has 8 heteroatoms. The molecule has 180 valence electrons. The molecule has 34 heavy (non-hydrogen) atoms. The zero-order chi connectivity index (χ0) is 24.9. The lowest BCUT2D eigenvalue weighted by Crippen LogP contribution is -2.32. The number of nitro benzene ring substituents is 1. The Labute approximate surface area is 199 Å². The summed E-state index contributed by atoms with van der Waals surface area (Å²) in [5.74, 6) is 0.898. The molecule has 0 aromatic heterocycles. The van der Waals surface area contributed by atoms with Crippen molar-refractivity contribution in [2.24, 2.45) is 10.4 Å². The fourth-order valence-electron chi connectivity index (χ4n) is 4.03. The van der Waals surface area contributed by atoms with E-state index in [0.717, 1.165) is 5.56 Å². The van der Waals surface area contributed by atoms with E-state index in [1.165, 1.54) is 12.1 Å². The van der Waals surface area contributed by atoms with E-state index in [1.807, 2.05) is 33.8 Å². The standard InChI is InChI=1S/C26H30N2O6/c1-5-33-23-11-10-17(13-24(23)34-6-2)12-21(29)25-20(15-26(3,4)16-22(25)30)27-18-8-7-9-19(14-18)28(31)32/h7-11,13-14,29H,5-6,12,15-16H2,1-4H3/b25-21-,27-20?. The molecule has 1 fully saturated rings. The van der Waals surface area contributed by atoms with Crippen LogP contribution >= 0.6 is 0 Å². The Hall–Kier alpha value is -3.68.